The second-order valence-electron chi connectivity index (χ2n) is 8.65. The number of hydrogen-bond acceptors (Lipinski definition) is 7. The molecule has 2 aromatic heterocycles. The fraction of sp³-hybridized carbons (Fsp3) is 0.636. The van der Waals surface area contributed by atoms with Gasteiger partial charge < -0.3 is 19.1 Å². The molecule has 0 unspecified atom stereocenters. The minimum absolute atomic E-state index is 0.172. The number of hydrogen-bond donors (Lipinski definition) is 0. The summed E-state index contributed by atoms with van der Waals surface area (Å²) in [4.78, 5) is 26.8. The van der Waals surface area contributed by atoms with Gasteiger partial charge in [0, 0.05) is 50.3 Å². The number of piperidine rings is 1. The van der Waals surface area contributed by atoms with E-state index in [9.17, 15) is 4.79 Å². The summed E-state index contributed by atoms with van der Waals surface area (Å²) in [6.45, 7) is 6.44. The average Bonchev–Trinajstić information content (AvgIpc) is 3.19. The van der Waals surface area contributed by atoms with Crippen LogP contribution in [0.1, 0.15) is 49.4 Å². The zero-order valence-corrected chi connectivity index (χ0v) is 17.5. The molecule has 8 heteroatoms. The van der Waals surface area contributed by atoms with E-state index in [1.54, 1.807) is 0 Å². The van der Waals surface area contributed by atoms with Gasteiger partial charge in [0.25, 0.3) is 0 Å². The molecule has 8 nitrogen and oxygen atoms in total. The third kappa shape index (κ3) is 3.80. The van der Waals surface area contributed by atoms with Gasteiger partial charge in [-0.1, -0.05) is 11.6 Å². The fourth-order valence-corrected chi connectivity index (χ4v) is 4.61. The van der Waals surface area contributed by atoms with Gasteiger partial charge in [-0.15, -0.1) is 0 Å². The molecule has 0 radical (unpaired) electrons. The summed E-state index contributed by atoms with van der Waals surface area (Å²) >= 11 is 0. The first-order valence-corrected chi connectivity index (χ1v) is 11.1. The molecule has 5 rings (SSSR count). The van der Waals surface area contributed by atoms with Gasteiger partial charge in [0.1, 0.15) is 0 Å². The average molecular weight is 412 g/mol. The van der Waals surface area contributed by atoms with Crippen molar-refractivity contribution in [1.29, 1.82) is 0 Å². The predicted molar refractivity (Wildman–Crippen MR) is 111 cm³/mol. The van der Waals surface area contributed by atoms with E-state index in [1.165, 1.54) is 6.42 Å². The first kappa shape index (κ1) is 19.5. The molecular formula is C22H29N5O3. The van der Waals surface area contributed by atoms with Crippen molar-refractivity contribution in [3.05, 3.63) is 23.7 Å². The Hall–Kier alpha value is -2.48. The Morgan fingerprint density at radius 1 is 1.13 bits per heavy atom. The Balaban J connectivity index is 1.46. The molecule has 0 bridgehead atoms. The van der Waals surface area contributed by atoms with E-state index in [0.29, 0.717) is 24.9 Å². The van der Waals surface area contributed by atoms with Gasteiger partial charge in [0.15, 0.2) is 5.76 Å². The standard InChI is InChI=1S/C22H29N5O3/c1-15-12-19(30-25-15)18-13-23-22(26-8-10-29-11-9-26)24-20(18)17-6-3-7-27(14-17)21(28)16-4-2-5-16/h12-13,16-17H,2-11,14H2,1H3/t17-/m0/s1. The molecule has 4 heterocycles. The molecule has 0 aromatic carbocycles. The van der Waals surface area contributed by atoms with Crippen LogP contribution in [-0.4, -0.2) is 65.3 Å². The van der Waals surface area contributed by atoms with Gasteiger partial charge in [-0.3, -0.25) is 4.79 Å². The van der Waals surface area contributed by atoms with Gasteiger partial charge in [-0.25, -0.2) is 9.97 Å². The Morgan fingerprint density at radius 2 is 1.97 bits per heavy atom. The van der Waals surface area contributed by atoms with Crippen LogP contribution in [0.25, 0.3) is 11.3 Å². The molecule has 1 aliphatic carbocycles. The molecule has 1 saturated carbocycles. The predicted octanol–water partition coefficient (Wildman–Crippen LogP) is 2.78. The number of carbonyl (C=O) groups is 1. The van der Waals surface area contributed by atoms with E-state index < -0.39 is 0 Å². The van der Waals surface area contributed by atoms with Crippen LogP contribution in [0.2, 0.25) is 0 Å². The van der Waals surface area contributed by atoms with Crippen molar-refractivity contribution in [2.24, 2.45) is 5.92 Å². The number of morpholine rings is 1. The van der Waals surface area contributed by atoms with E-state index in [1.807, 2.05) is 19.2 Å². The van der Waals surface area contributed by atoms with Crippen LogP contribution in [0.5, 0.6) is 0 Å². The van der Waals surface area contributed by atoms with Gasteiger partial charge in [-0.2, -0.15) is 0 Å². The Kier molecular flexibility index (Phi) is 5.41. The number of aryl methyl sites for hydroxylation is 1. The fourth-order valence-electron chi connectivity index (χ4n) is 4.61. The number of carbonyl (C=O) groups excluding carboxylic acids is 1. The van der Waals surface area contributed by atoms with Gasteiger partial charge >= 0.3 is 0 Å². The maximum absolute atomic E-state index is 12.9. The number of anilines is 1. The van der Waals surface area contributed by atoms with Crippen LogP contribution >= 0.6 is 0 Å². The van der Waals surface area contributed by atoms with E-state index in [0.717, 1.165) is 74.8 Å². The highest BCUT2D eigenvalue weighted by Gasteiger charge is 2.34. The van der Waals surface area contributed by atoms with Crippen molar-refractivity contribution in [3.63, 3.8) is 0 Å². The molecule has 0 N–H and O–H groups in total. The molecule has 0 spiro atoms. The van der Waals surface area contributed by atoms with Gasteiger partial charge in [0.2, 0.25) is 11.9 Å². The summed E-state index contributed by atoms with van der Waals surface area (Å²) in [5, 5.41) is 4.05. The molecule has 30 heavy (non-hydrogen) atoms. The smallest absolute Gasteiger partial charge is 0.225 e. The minimum atomic E-state index is 0.172. The first-order chi connectivity index (χ1) is 14.7. The summed E-state index contributed by atoms with van der Waals surface area (Å²) in [5.74, 6) is 2.15. The highest BCUT2D eigenvalue weighted by molar-refractivity contribution is 5.79. The van der Waals surface area contributed by atoms with Crippen molar-refractivity contribution in [2.45, 2.75) is 44.9 Å². The van der Waals surface area contributed by atoms with Crippen LogP contribution < -0.4 is 4.90 Å². The number of nitrogens with zero attached hydrogens (tertiary/aromatic N) is 5. The molecule has 3 aliphatic rings. The molecule has 2 aliphatic heterocycles. The summed E-state index contributed by atoms with van der Waals surface area (Å²) in [6.07, 6.45) is 7.12. The molecule has 2 aromatic rings. The lowest BCUT2D eigenvalue weighted by molar-refractivity contribution is -0.139. The topological polar surface area (TPSA) is 84.6 Å². The minimum Gasteiger partial charge on any atom is -0.378 e. The Morgan fingerprint density at radius 3 is 2.67 bits per heavy atom. The third-order valence-corrected chi connectivity index (χ3v) is 6.57. The van der Waals surface area contributed by atoms with Crippen LogP contribution in [-0.2, 0) is 9.53 Å². The second kappa shape index (κ2) is 8.34. The van der Waals surface area contributed by atoms with E-state index in [2.05, 4.69) is 19.9 Å². The number of ether oxygens (including phenoxy) is 1. The lowest BCUT2D eigenvalue weighted by Gasteiger charge is -2.37. The zero-order valence-electron chi connectivity index (χ0n) is 17.5. The van der Waals surface area contributed by atoms with Crippen molar-refractivity contribution in [3.8, 4) is 11.3 Å². The van der Waals surface area contributed by atoms with Gasteiger partial charge in [0.05, 0.1) is 30.2 Å². The van der Waals surface area contributed by atoms with Crippen LogP contribution in [0.15, 0.2) is 16.8 Å². The number of rotatable bonds is 4. The zero-order chi connectivity index (χ0) is 20.5. The highest BCUT2D eigenvalue weighted by Crippen LogP contribution is 2.36. The lowest BCUT2D eigenvalue weighted by Crippen LogP contribution is -2.44. The monoisotopic (exact) mass is 411 g/mol. The lowest BCUT2D eigenvalue weighted by atomic mass is 9.83. The Bertz CT molecular complexity index is 904. The van der Waals surface area contributed by atoms with E-state index in [-0.39, 0.29) is 11.8 Å². The molecule has 1 atom stereocenters. The second-order valence-corrected chi connectivity index (χ2v) is 8.65. The summed E-state index contributed by atoms with van der Waals surface area (Å²) in [5.41, 5.74) is 2.68. The van der Waals surface area contributed by atoms with Crippen LogP contribution in [0.3, 0.4) is 0 Å². The number of likely N-dealkylation sites (tertiary alicyclic amines) is 1. The highest BCUT2D eigenvalue weighted by atomic mass is 16.5. The number of amides is 1. The number of aromatic nitrogens is 3. The Labute approximate surface area is 176 Å². The normalized spacial score (nSPS) is 22.8. The molecule has 1 amide bonds. The first-order valence-electron chi connectivity index (χ1n) is 11.1. The van der Waals surface area contributed by atoms with E-state index >= 15 is 0 Å². The SMILES string of the molecule is Cc1cc(-c2cnc(N3CCOCC3)nc2[C@H]2CCCN(C(=O)C3CCC3)C2)on1. The van der Waals surface area contributed by atoms with Gasteiger partial charge in [-0.05, 0) is 32.6 Å². The van der Waals surface area contributed by atoms with Crippen molar-refractivity contribution in [2.75, 3.05) is 44.3 Å². The molecule has 2 saturated heterocycles. The third-order valence-electron chi connectivity index (χ3n) is 6.57. The van der Waals surface area contributed by atoms with Crippen LogP contribution in [0, 0.1) is 12.8 Å². The quantitative estimate of drug-likeness (QED) is 0.765. The summed E-state index contributed by atoms with van der Waals surface area (Å²) < 4.78 is 11.0. The maximum Gasteiger partial charge on any atom is 0.225 e. The molecule has 160 valence electrons. The van der Waals surface area contributed by atoms with Crippen LogP contribution in [0.4, 0.5) is 5.95 Å². The van der Waals surface area contributed by atoms with Crippen molar-refractivity contribution >= 4 is 11.9 Å². The molecule has 3 fully saturated rings. The summed E-state index contributed by atoms with van der Waals surface area (Å²) in [6, 6.07) is 1.93. The van der Waals surface area contributed by atoms with E-state index in [4.69, 9.17) is 14.2 Å². The largest absolute Gasteiger partial charge is 0.378 e. The summed E-state index contributed by atoms with van der Waals surface area (Å²) in [7, 11) is 0. The van der Waals surface area contributed by atoms with Crippen molar-refractivity contribution < 1.29 is 14.1 Å². The molecular weight excluding hydrogens is 382 g/mol. The maximum atomic E-state index is 12.9. The van der Waals surface area contributed by atoms with Crippen molar-refractivity contribution in [1.82, 2.24) is 20.0 Å².